The van der Waals surface area contributed by atoms with E-state index in [1.165, 1.54) is 11.2 Å². The second-order valence-electron chi connectivity index (χ2n) is 8.57. The normalized spacial score (nSPS) is 12.9. The molecule has 0 radical (unpaired) electrons. The highest BCUT2D eigenvalue weighted by molar-refractivity contribution is 6.00. The molecule has 0 aliphatic heterocycles. The first-order valence-electron chi connectivity index (χ1n) is 10.8. The molecule has 4 rings (SSSR count). The molecule has 0 bridgehead atoms. The number of likely N-dealkylation sites (N-methyl/N-ethyl adjacent to an activating group) is 1. The molecule has 4 aromatic rings. The van der Waals surface area contributed by atoms with Crippen molar-refractivity contribution in [3.05, 3.63) is 42.7 Å². The molecule has 7 heteroatoms. The van der Waals surface area contributed by atoms with E-state index in [9.17, 15) is 0 Å². The Hall–Kier alpha value is -3.19. The Kier molecular flexibility index (Phi) is 5.78. The largest absolute Gasteiger partial charge is 0.494 e. The van der Waals surface area contributed by atoms with Crippen LogP contribution in [-0.2, 0) is 6.54 Å². The maximum absolute atomic E-state index is 6.30. The van der Waals surface area contributed by atoms with Gasteiger partial charge in [0.25, 0.3) is 0 Å². The van der Waals surface area contributed by atoms with Gasteiger partial charge in [-0.15, -0.1) is 0 Å². The predicted molar refractivity (Wildman–Crippen MR) is 125 cm³/mol. The highest BCUT2D eigenvalue weighted by Gasteiger charge is 2.24. The van der Waals surface area contributed by atoms with E-state index in [0.29, 0.717) is 24.4 Å². The van der Waals surface area contributed by atoms with E-state index in [-0.39, 0.29) is 0 Å². The van der Waals surface area contributed by atoms with Gasteiger partial charge >= 0.3 is 0 Å². The number of hydrogen-bond donors (Lipinski definition) is 2. The van der Waals surface area contributed by atoms with Gasteiger partial charge in [0.2, 0.25) is 0 Å². The third-order valence-corrected chi connectivity index (χ3v) is 5.87. The van der Waals surface area contributed by atoms with Crippen molar-refractivity contribution < 1.29 is 9.64 Å². The lowest BCUT2D eigenvalue weighted by Crippen LogP contribution is -3.11. The Morgan fingerprint density at radius 2 is 1.81 bits per heavy atom. The molecular formula is C24H31N6O+. The highest BCUT2D eigenvalue weighted by Crippen LogP contribution is 2.33. The van der Waals surface area contributed by atoms with Crippen LogP contribution in [0.15, 0.2) is 42.7 Å². The van der Waals surface area contributed by atoms with Crippen LogP contribution in [-0.4, -0.2) is 46.5 Å². The molecule has 2 aromatic carbocycles. The fourth-order valence-corrected chi connectivity index (χ4v) is 4.23. The fourth-order valence-electron chi connectivity index (χ4n) is 4.23. The lowest BCUT2D eigenvalue weighted by molar-refractivity contribution is -0.890. The summed E-state index contributed by atoms with van der Waals surface area (Å²) >= 11 is 0. The van der Waals surface area contributed by atoms with Gasteiger partial charge in [0, 0.05) is 11.5 Å². The number of nitrogens with two attached hydrogens (primary N) is 1. The minimum atomic E-state index is 0.403. The van der Waals surface area contributed by atoms with Gasteiger partial charge in [-0.1, -0.05) is 32.0 Å². The molecule has 0 fully saturated rings. The van der Waals surface area contributed by atoms with Gasteiger partial charge in [0.15, 0.2) is 5.65 Å². The molecule has 0 aliphatic rings. The molecule has 0 spiro atoms. The van der Waals surface area contributed by atoms with E-state index >= 15 is 0 Å². The Labute approximate surface area is 182 Å². The van der Waals surface area contributed by atoms with E-state index in [1.54, 1.807) is 0 Å². The summed E-state index contributed by atoms with van der Waals surface area (Å²) in [6.45, 7) is 7.89. The maximum Gasteiger partial charge on any atom is 0.164 e. The number of rotatable bonds is 7. The summed E-state index contributed by atoms with van der Waals surface area (Å²) in [5.41, 5.74) is 8.90. The summed E-state index contributed by atoms with van der Waals surface area (Å²) in [5, 5.41) is 8.03. The number of fused-ring (bicyclic) bond motifs is 2. The van der Waals surface area contributed by atoms with Crippen LogP contribution >= 0.6 is 0 Å². The van der Waals surface area contributed by atoms with E-state index < -0.39 is 0 Å². The number of benzene rings is 2. The molecule has 1 atom stereocenters. The SMILES string of the molecule is CCOc1ccc2cc(-c3nn(C[C@H](C(C)C)[NH+](C)C)c4ncnc(N)c34)ccc2c1. The number of nitrogen functional groups attached to an aromatic ring is 1. The third-order valence-electron chi connectivity index (χ3n) is 5.87. The first-order chi connectivity index (χ1) is 14.9. The molecule has 162 valence electrons. The van der Waals surface area contributed by atoms with Crippen molar-refractivity contribution in [1.82, 2.24) is 19.7 Å². The number of nitrogens with zero attached hydrogens (tertiary/aromatic N) is 4. The van der Waals surface area contributed by atoms with E-state index in [2.05, 4.69) is 68.2 Å². The number of aromatic nitrogens is 4. The van der Waals surface area contributed by atoms with Gasteiger partial charge in [-0.25, -0.2) is 14.6 Å². The molecular weight excluding hydrogens is 388 g/mol. The van der Waals surface area contributed by atoms with Crippen molar-refractivity contribution in [2.45, 2.75) is 33.4 Å². The van der Waals surface area contributed by atoms with Gasteiger partial charge < -0.3 is 15.4 Å². The van der Waals surface area contributed by atoms with Crippen LogP contribution in [0.4, 0.5) is 5.82 Å². The Balaban J connectivity index is 1.83. The molecule has 0 unspecified atom stereocenters. The van der Waals surface area contributed by atoms with Crippen LogP contribution in [0.3, 0.4) is 0 Å². The van der Waals surface area contributed by atoms with Crippen molar-refractivity contribution in [3.8, 4) is 17.0 Å². The minimum absolute atomic E-state index is 0.403. The Bertz CT molecular complexity index is 1210. The zero-order valence-electron chi connectivity index (χ0n) is 18.9. The average Bonchev–Trinajstić information content (AvgIpc) is 3.11. The van der Waals surface area contributed by atoms with Gasteiger partial charge in [0.05, 0.1) is 32.6 Å². The second-order valence-corrected chi connectivity index (χ2v) is 8.57. The van der Waals surface area contributed by atoms with E-state index in [4.69, 9.17) is 15.6 Å². The fraction of sp³-hybridized carbons (Fsp3) is 0.375. The number of anilines is 1. The number of quaternary nitrogens is 1. The molecule has 3 N–H and O–H groups in total. The molecule has 2 heterocycles. The van der Waals surface area contributed by atoms with Crippen LogP contribution in [0.2, 0.25) is 0 Å². The summed E-state index contributed by atoms with van der Waals surface area (Å²) in [5.74, 6) is 1.84. The molecule has 31 heavy (non-hydrogen) atoms. The second kappa shape index (κ2) is 8.51. The lowest BCUT2D eigenvalue weighted by atomic mass is 10.0. The Morgan fingerprint density at radius 1 is 1.06 bits per heavy atom. The third kappa shape index (κ3) is 4.05. The number of nitrogens with one attached hydrogen (secondary N) is 1. The first-order valence-corrected chi connectivity index (χ1v) is 10.8. The first kappa shape index (κ1) is 21.1. The molecule has 2 aromatic heterocycles. The van der Waals surface area contributed by atoms with Crippen molar-refractivity contribution in [1.29, 1.82) is 0 Å². The lowest BCUT2D eigenvalue weighted by Gasteiger charge is -2.24. The zero-order valence-corrected chi connectivity index (χ0v) is 18.9. The van der Waals surface area contributed by atoms with Crippen LogP contribution in [0.25, 0.3) is 33.1 Å². The minimum Gasteiger partial charge on any atom is -0.494 e. The maximum atomic E-state index is 6.30. The number of hydrogen-bond acceptors (Lipinski definition) is 5. The van der Waals surface area contributed by atoms with Crippen LogP contribution in [0.1, 0.15) is 20.8 Å². The smallest absolute Gasteiger partial charge is 0.164 e. The van der Waals surface area contributed by atoms with Crippen LogP contribution in [0, 0.1) is 5.92 Å². The molecule has 0 amide bonds. The number of ether oxygens (including phenoxy) is 1. The highest BCUT2D eigenvalue weighted by atomic mass is 16.5. The Morgan fingerprint density at radius 3 is 2.52 bits per heavy atom. The van der Waals surface area contributed by atoms with Gasteiger partial charge in [-0.3, -0.25) is 0 Å². The van der Waals surface area contributed by atoms with E-state index in [1.807, 2.05) is 17.7 Å². The predicted octanol–water partition coefficient (Wildman–Crippen LogP) is 2.80. The van der Waals surface area contributed by atoms with Gasteiger partial charge in [-0.05, 0) is 35.9 Å². The van der Waals surface area contributed by atoms with Crippen LogP contribution in [0.5, 0.6) is 5.75 Å². The van der Waals surface area contributed by atoms with Gasteiger partial charge in [-0.2, -0.15) is 5.10 Å². The summed E-state index contributed by atoms with van der Waals surface area (Å²) in [7, 11) is 4.36. The topological polar surface area (TPSA) is 83.3 Å². The molecule has 0 saturated carbocycles. The standard InChI is InChI=1S/C24H30N6O/c1-6-31-19-10-9-16-11-18(8-7-17(16)12-19)22-21-23(25)26-14-27-24(21)30(28-22)13-20(15(2)3)29(4)5/h7-12,14-15,20H,6,13H2,1-5H3,(H2,25,26,27)/p+1/t20-/m1/s1. The molecule has 0 aliphatic carbocycles. The van der Waals surface area contributed by atoms with E-state index in [0.717, 1.165) is 45.4 Å². The summed E-state index contributed by atoms with van der Waals surface area (Å²) in [6, 6.07) is 12.8. The van der Waals surface area contributed by atoms with Crippen molar-refractivity contribution >= 4 is 27.6 Å². The quantitative estimate of drug-likeness (QED) is 0.481. The monoisotopic (exact) mass is 419 g/mol. The average molecular weight is 420 g/mol. The van der Waals surface area contributed by atoms with Crippen molar-refractivity contribution in [3.63, 3.8) is 0 Å². The van der Waals surface area contributed by atoms with Crippen LogP contribution < -0.4 is 15.4 Å². The zero-order chi connectivity index (χ0) is 22.1. The summed E-state index contributed by atoms with van der Waals surface area (Å²) < 4.78 is 7.62. The van der Waals surface area contributed by atoms with Crippen molar-refractivity contribution in [2.75, 3.05) is 26.4 Å². The molecule has 0 saturated heterocycles. The molecule has 7 nitrogen and oxygen atoms in total. The van der Waals surface area contributed by atoms with Gasteiger partial charge in [0.1, 0.15) is 29.6 Å². The summed E-state index contributed by atoms with van der Waals surface area (Å²) in [4.78, 5) is 10.2. The summed E-state index contributed by atoms with van der Waals surface area (Å²) in [6.07, 6.45) is 1.52. The van der Waals surface area contributed by atoms with Crippen molar-refractivity contribution in [2.24, 2.45) is 5.92 Å².